The van der Waals surface area contributed by atoms with Crippen molar-refractivity contribution in [3.05, 3.63) is 47.8 Å². The van der Waals surface area contributed by atoms with Gasteiger partial charge in [-0.2, -0.15) is 0 Å². The topological polar surface area (TPSA) is 52.5 Å². The van der Waals surface area contributed by atoms with Crippen molar-refractivity contribution in [1.29, 1.82) is 0 Å². The molecule has 1 aliphatic rings. The maximum absolute atomic E-state index is 9.25. The molecular weight excluding hydrogens is 264 g/mol. The van der Waals surface area contributed by atoms with Gasteiger partial charge in [0.25, 0.3) is 0 Å². The number of piperazine rings is 1. The third-order valence-corrected chi connectivity index (χ3v) is 3.98. The van der Waals surface area contributed by atoms with Crippen LogP contribution in [0.5, 0.6) is 0 Å². The molecule has 1 saturated heterocycles. The molecule has 0 aliphatic carbocycles. The van der Waals surface area contributed by atoms with Crippen molar-refractivity contribution in [3.8, 4) is 0 Å². The van der Waals surface area contributed by atoms with Crippen molar-refractivity contribution < 1.29 is 5.11 Å². The van der Waals surface area contributed by atoms with Crippen molar-refractivity contribution in [2.75, 3.05) is 36.0 Å². The van der Waals surface area contributed by atoms with Crippen LogP contribution in [0.3, 0.4) is 0 Å². The first-order chi connectivity index (χ1) is 10.3. The predicted molar refractivity (Wildman–Crippen MR) is 83.6 cm³/mol. The van der Waals surface area contributed by atoms with Gasteiger partial charge in [0.1, 0.15) is 0 Å². The van der Waals surface area contributed by atoms with E-state index in [2.05, 4.69) is 31.9 Å². The van der Waals surface area contributed by atoms with E-state index in [0.717, 1.165) is 43.3 Å². The standard InChI is InChI=1S/C16H20N4O/c1-13-11-15(4-3-14(13)12-21)19-7-9-20(10-8-19)16-17-5-2-6-18-16/h2-6,11,21H,7-10,12H2,1H3. The summed E-state index contributed by atoms with van der Waals surface area (Å²) in [5.41, 5.74) is 3.36. The molecule has 1 aromatic heterocycles. The molecule has 110 valence electrons. The Kier molecular flexibility index (Phi) is 4.01. The zero-order chi connectivity index (χ0) is 14.7. The van der Waals surface area contributed by atoms with Crippen LogP contribution in [0, 0.1) is 6.92 Å². The van der Waals surface area contributed by atoms with E-state index in [1.807, 2.05) is 19.1 Å². The van der Waals surface area contributed by atoms with Crippen LogP contribution in [0.15, 0.2) is 36.7 Å². The monoisotopic (exact) mass is 284 g/mol. The van der Waals surface area contributed by atoms with Crippen LogP contribution in [0.1, 0.15) is 11.1 Å². The van der Waals surface area contributed by atoms with Crippen LogP contribution in [0.25, 0.3) is 0 Å². The Morgan fingerprint density at radius 1 is 1.05 bits per heavy atom. The van der Waals surface area contributed by atoms with E-state index in [4.69, 9.17) is 0 Å². The van der Waals surface area contributed by atoms with Crippen LogP contribution in [-0.4, -0.2) is 41.3 Å². The Labute approximate surface area is 124 Å². The first kappa shape index (κ1) is 13.8. The van der Waals surface area contributed by atoms with Gasteiger partial charge in [0, 0.05) is 44.3 Å². The van der Waals surface area contributed by atoms with Gasteiger partial charge in [-0.05, 0) is 36.2 Å². The number of nitrogens with zero attached hydrogens (tertiary/aromatic N) is 4. The maximum Gasteiger partial charge on any atom is 0.225 e. The molecule has 0 radical (unpaired) electrons. The normalized spacial score (nSPS) is 15.3. The lowest BCUT2D eigenvalue weighted by Crippen LogP contribution is -2.47. The number of aromatic nitrogens is 2. The van der Waals surface area contributed by atoms with Gasteiger partial charge < -0.3 is 14.9 Å². The fraction of sp³-hybridized carbons (Fsp3) is 0.375. The summed E-state index contributed by atoms with van der Waals surface area (Å²) in [7, 11) is 0. The minimum Gasteiger partial charge on any atom is -0.392 e. The second-order valence-corrected chi connectivity index (χ2v) is 5.29. The van der Waals surface area contributed by atoms with E-state index >= 15 is 0 Å². The van der Waals surface area contributed by atoms with E-state index in [1.165, 1.54) is 5.69 Å². The highest BCUT2D eigenvalue weighted by molar-refractivity contribution is 5.52. The van der Waals surface area contributed by atoms with Crippen molar-refractivity contribution in [1.82, 2.24) is 9.97 Å². The molecule has 5 nitrogen and oxygen atoms in total. The summed E-state index contributed by atoms with van der Waals surface area (Å²) in [6.45, 7) is 5.90. The van der Waals surface area contributed by atoms with Crippen molar-refractivity contribution in [2.24, 2.45) is 0 Å². The molecule has 2 heterocycles. The smallest absolute Gasteiger partial charge is 0.225 e. The van der Waals surface area contributed by atoms with Gasteiger partial charge in [-0.3, -0.25) is 0 Å². The lowest BCUT2D eigenvalue weighted by molar-refractivity contribution is 0.281. The highest BCUT2D eigenvalue weighted by Gasteiger charge is 2.19. The zero-order valence-corrected chi connectivity index (χ0v) is 12.2. The van der Waals surface area contributed by atoms with E-state index in [1.54, 1.807) is 12.4 Å². The van der Waals surface area contributed by atoms with E-state index in [-0.39, 0.29) is 6.61 Å². The van der Waals surface area contributed by atoms with Gasteiger partial charge in [0.15, 0.2) is 0 Å². The van der Waals surface area contributed by atoms with Crippen molar-refractivity contribution in [2.45, 2.75) is 13.5 Å². The molecule has 1 N–H and O–H groups in total. The highest BCUT2D eigenvalue weighted by Crippen LogP contribution is 2.21. The Morgan fingerprint density at radius 2 is 1.71 bits per heavy atom. The fourth-order valence-electron chi connectivity index (χ4n) is 2.67. The van der Waals surface area contributed by atoms with Crippen molar-refractivity contribution in [3.63, 3.8) is 0 Å². The number of aryl methyl sites for hydroxylation is 1. The molecule has 5 heteroatoms. The summed E-state index contributed by atoms with van der Waals surface area (Å²) in [4.78, 5) is 13.2. The van der Waals surface area contributed by atoms with Crippen LogP contribution in [0.2, 0.25) is 0 Å². The molecule has 1 aliphatic heterocycles. The minimum absolute atomic E-state index is 0.102. The average molecular weight is 284 g/mol. The Morgan fingerprint density at radius 3 is 2.33 bits per heavy atom. The minimum atomic E-state index is 0.102. The number of anilines is 2. The number of hydrogen-bond acceptors (Lipinski definition) is 5. The maximum atomic E-state index is 9.25. The highest BCUT2D eigenvalue weighted by atomic mass is 16.3. The second kappa shape index (κ2) is 6.10. The largest absolute Gasteiger partial charge is 0.392 e. The molecule has 21 heavy (non-hydrogen) atoms. The first-order valence-corrected chi connectivity index (χ1v) is 7.25. The second-order valence-electron chi connectivity index (χ2n) is 5.29. The van der Waals surface area contributed by atoms with Gasteiger partial charge in [-0.15, -0.1) is 0 Å². The molecule has 0 atom stereocenters. The Balaban J connectivity index is 1.67. The van der Waals surface area contributed by atoms with Gasteiger partial charge >= 0.3 is 0 Å². The number of rotatable bonds is 3. The average Bonchev–Trinajstić information content (AvgIpc) is 2.56. The molecule has 0 saturated carbocycles. The summed E-state index contributed by atoms with van der Waals surface area (Å²) < 4.78 is 0. The molecular formula is C16H20N4O. The molecule has 2 aromatic rings. The number of hydrogen-bond donors (Lipinski definition) is 1. The van der Waals surface area contributed by atoms with E-state index in [9.17, 15) is 5.11 Å². The fourth-order valence-corrected chi connectivity index (χ4v) is 2.67. The van der Waals surface area contributed by atoms with Gasteiger partial charge in [0.2, 0.25) is 5.95 Å². The first-order valence-electron chi connectivity index (χ1n) is 7.25. The van der Waals surface area contributed by atoms with Crippen molar-refractivity contribution >= 4 is 11.6 Å². The zero-order valence-electron chi connectivity index (χ0n) is 12.2. The molecule has 0 spiro atoms. The van der Waals surface area contributed by atoms with E-state index in [0.29, 0.717) is 0 Å². The Hall–Kier alpha value is -2.14. The Bertz CT molecular complexity index is 594. The molecule has 1 fully saturated rings. The lowest BCUT2D eigenvalue weighted by atomic mass is 10.1. The quantitative estimate of drug-likeness (QED) is 0.928. The summed E-state index contributed by atoms with van der Waals surface area (Å²) >= 11 is 0. The van der Waals surface area contributed by atoms with Gasteiger partial charge in [0.05, 0.1) is 6.61 Å². The van der Waals surface area contributed by atoms with Gasteiger partial charge in [-0.25, -0.2) is 9.97 Å². The lowest BCUT2D eigenvalue weighted by Gasteiger charge is -2.36. The molecule has 3 rings (SSSR count). The molecule has 1 aromatic carbocycles. The third-order valence-electron chi connectivity index (χ3n) is 3.98. The number of benzene rings is 1. The molecule has 0 amide bonds. The number of aliphatic hydroxyl groups is 1. The summed E-state index contributed by atoms with van der Waals surface area (Å²) in [6, 6.07) is 8.09. The molecule has 0 bridgehead atoms. The van der Waals surface area contributed by atoms with Gasteiger partial charge in [-0.1, -0.05) is 6.07 Å². The van der Waals surface area contributed by atoms with Crippen LogP contribution in [0.4, 0.5) is 11.6 Å². The van der Waals surface area contributed by atoms with Crippen LogP contribution < -0.4 is 9.80 Å². The molecule has 0 unspecified atom stereocenters. The summed E-state index contributed by atoms with van der Waals surface area (Å²) in [6.07, 6.45) is 3.57. The third kappa shape index (κ3) is 2.97. The van der Waals surface area contributed by atoms with Crippen LogP contribution in [-0.2, 0) is 6.61 Å². The SMILES string of the molecule is Cc1cc(N2CCN(c3ncccn3)CC2)ccc1CO. The predicted octanol–water partition coefficient (Wildman–Crippen LogP) is 1.60. The number of aliphatic hydroxyl groups excluding tert-OH is 1. The van der Waals surface area contributed by atoms with E-state index < -0.39 is 0 Å². The summed E-state index contributed by atoms with van der Waals surface area (Å²) in [5, 5.41) is 9.25. The van der Waals surface area contributed by atoms with Crippen LogP contribution >= 0.6 is 0 Å². The summed E-state index contributed by atoms with van der Waals surface area (Å²) in [5.74, 6) is 0.809.